The third kappa shape index (κ3) is 7.41. The lowest BCUT2D eigenvalue weighted by atomic mass is 9.97. The molecular weight excluding hydrogens is 702 g/mol. The molecule has 6 aromatic rings. The molecule has 5 aromatic carbocycles. The van der Waals surface area contributed by atoms with E-state index in [1.54, 1.807) is 11.3 Å². The van der Waals surface area contributed by atoms with Crippen molar-refractivity contribution in [3.05, 3.63) is 158 Å². The third-order valence-corrected chi connectivity index (χ3v) is 9.71. The van der Waals surface area contributed by atoms with Gasteiger partial charge in [0.25, 0.3) is 0 Å². The summed E-state index contributed by atoms with van der Waals surface area (Å²) in [7, 11) is 0. The highest BCUT2D eigenvalue weighted by molar-refractivity contribution is 9.10. The van der Waals surface area contributed by atoms with Crippen molar-refractivity contribution in [2.24, 2.45) is 15.3 Å². The molecule has 1 unspecified atom stereocenters. The quantitative estimate of drug-likeness (QED) is 0.139. The average molecular weight is 733 g/mol. The van der Waals surface area contributed by atoms with Gasteiger partial charge in [0.2, 0.25) is 5.13 Å². The van der Waals surface area contributed by atoms with Crippen LogP contribution in [0.25, 0.3) is 11.3 Å². The van der Waals surface area contributed by atoms with Crippen LogP contribution in [0.4, 0.5) is 16.5 Å². The van der Waals surface area contributed by atoms with Gasteiger partial charge in [-0.1, -0.05) is 99.3 Å². The zero-order valence-electron chi connectivity index (χ0n) is 26.3. The maximum Gasteiger partial charge on any atom is 0.207 e. The fraction of sp³-hybridized carbons (Fsp3) is 0.128. The molecule has 0 radical (unpaired) electrons. The van der Waals surface area contributed by atoms with E-state index in [1.165, 1.54) is 16.7 Å². The first-order valence-corrected chi connectivity index (χ1v) is 17.6. The molecule has 1 atom stereocenters. The minimum atomic E-state index is -0.0496. The summed E-state index contributed by atoms with van der Waals surface area (Å²) in [5.74, 6) is 0.720. The molecule has 7 rings (SSSR count). The minimum absolute atomic E-state index is 0.0496. The highest BCUT2D eigenvalue weighted by Gasteiger charge is 2.33. The fourth-order valence-electron chi connectivity index (χ4n) is 5.42. The van der Waals surface area contributed by atoms with Crippen molar-refractivity contribution < 1.29 is 4.74 Å². The summed E-state index contributed by atoms with van der Waals surface area (Å²) in [6.07, 6.45) is 0.659. The zero-order valence-corrected chi connectivity index (χ0v) is 29.5. The van der Waals surface area contributed by atoms with Gasteiger partial charge in [-0.2, -0.15) is 15.3 Å². The van der Waals surface area contributed by atoms with Crippen molar-refractivity contribution in [1.82, 2.24) is 4.98 Å². The zero-order chi connectivity index (χ0) is 33.0. The smallest absolute Gasteiger partial charge is 0.207 e. The topological polar surface area (TPSA) is 62.4 Å². The molecule has 9 heteroatoms. The van der Waals surface area contributed by atoms with E-state index in [-0.39, 0.29) is 6.04 Å². The van der Waals surface area contributed by atoms with Crippen molar-refractivity contribution >= 4 is 61.1 Å². The number of benzene rings is 5. The van der Waals surface area contributed by atoms with E-state index < -0.39 is 0 Å². The van der Waals surface area contributed by atoms with Crippen LogP contribution in [0, 0.1) is 13.8 Å². The summed E-state index contributed by atoms with van der Waals surface area (Å²) in [6.45, 7) is 4.54. The lowest BCUT2D eigenvalue weighted by Gasteiger charge is -2.21. The lowest BCUT2D eigenvalue weighted by Crippen LogP contribution is -2.18. The SMILES string of the molecule is Cc1ccc(N=Nc2ccc(OCc3ccc(Cl)cc3)c(C3=NN(c4nc(-c5ccc(Br)cc5)cs4)C(c4ccc(C)cc4)C3)c2)cc1. The fourth-order valence-corrected chi connectivity index (χ4v) is 6.64. The van der Waals surface area contributed by atoms with Crippen molar-refractivity contribution in [3.63, 3.8) is 0 Å². The van der Waals surface area contributed by atoms with Gasteiger partial charge in [-0.3, -0.25) is 0 Å². The van der Waals surface area contributed by atoms with Crippen LogP contribution in [0.2, 0.25) is 5.02 Å². The van der Waals surface area contributed by atoms with Gasteiger partial charge in [0.05, 0.1) is 28.8 Å². The Kier molecular flexibility index (Phi) is 9.47. The number of anilines is 1. The van der Waals surface area contributed by atoms with Gasteiger partial charge >= 0.3 is 0 Å². The van der Waals surface area contributed by atoms with Crippen molar-refractivity contribution in [2.75, 3.05) is 5.01 Å². The van der Waals surface area contributed by atoms with Crippen LogP contribution in [0.3, 0.4) is 0 Å². The molecule has 48 heavy (non-hydrogen) atoms. The van der Waals surface area contributed by atoms with E-state index in [0.717, 1.165) is 49.1 Å². The van der Waals surface area contributed by atoms with Gasteiger partial charge in [0.15, 0.2) is 0 Å². The molecular formula is C39H31BrClN5OS. The van der Waals surface area contributed by atoms with E-state index >= 15 is 0 Å². The second kappa shape index (κ2) is 14.2. The molecule has 0 spiro atoms. The molecule has 0 amide bonds. The Morgan fingerprint density at radius 3 is 2.23 bits per heavy atom. The maximum absolute atomic E-state index is 6.44. The second-order valence-electron chi connectivity index (χ2n) is 11.7. The standard InChI is InChI=1S/C39H31BrClN5OS/c1-25-3-9-29(10-4-25)37-22-35(45-46(37)39-42-36(24-48-39)28-11-13-30(40)14-12-28)34-21-33(44-43-32-17-5-26(2)6-18-32)19-20-38(34)47-23-27-7-15-31(41)16-8-27/h3-21,24,37H,22-23H2,1-2H3. The van der Waals surface area contributed by atoms with Gasteiger partial charge in [0, 0.05) is 32.4 Å². The van der Waals surface area contributed by atoms with Crippen molar-refractivity contribution in [1.29, 1.82) is 0 Å². The molecule has 0 bridgehead atoms. The number of thiazole rings is 1. The van der Waals surface area contributed by atoms with Gasteiger partial charge in [-0.15, -0.1) is 11.3 Å². The van der Waals surface area contributed by atoms with Crippen molar-refractivity contribution in [2.45, 2.75) is 32.9 Å². The highest BCUT2D eigenvalue weighted by Crippen LogP contribution is 2.41. The number of hydrogen-bond donors (Lipinski definition) is 0. The van der Waals surface area contributed by atoms with Crippen LogP contribution in [0.1, 0.15) is 40.3 Å². The first kappa shape index (κ1) is 31.9. The molecule has 6 nitrogen and oxygen atoms in total. The van der Waals surface area contributed by atoms with E-state index in [9.17, 15) is 0 Å². The van der Waals surface area contributed by atoms with Crippen molar-refractivity contribution in [3.8, 4) is 17.0 Å². The minimum Gasteiger partial charge on any atom is -0.488 e. The summed E-state index contributed by atoms with van der Waals surface area (Å²) in [4.78, 5) is 5.05. The van der Waals surface area contributed by atoms with Crippen LogP contribution < -0.4 is 9.75 Å². The predicted octanol–water partition coefficient (Wildman–Crippen LogP) is 12.2. The Morgan fingerprint density at radius 1 is 0.833 bits per heavy atom. The van der Waals surface area contributed by atoms with Crippen LogP contribution in [-0.4, -0.2) is 10.7 Å². The number of ether oxygens (including phenoxy) is 1. The number of aromatic nitrogens is 1. The predicted molar refractivity (Wildman–Crippen MR) is 200 cm³/mol. The van der Waals surface area contributed by atoms with Crippen LogP contribution in [0.15, 0.2) is 140 Å². The van der Waals surface area contributed by atoms with Crippen LogP contribution >= 0.6 is 38.9 Å². The molecule has 0 aliphatic carbocycles. The molecule has 0 saturated heterocycles. The Balaban J connectivity index is 1.27. The molecule has 1 aliphatic heterocycles. The van der Waals surface area contributed by atoms with Gasteiger partial charge in [-0.05, 0) is 79.6 Å². The molecule has 0 N–H and O–H groups in total. The number of halogens is 2. The monoisotopic (exact) mass is 731 g/mol. The molecule has 1 aliphatic rings. The largest absolute Gasteiger partial charge is 0.488 e. The van der Waals surface area contributed by atoms with E-state index in [0.29, 0.717) is 23.7 Å². The molecule has 2 heterocycles. The van der Waals surface area contributed by atoms with E-state index in [2.05, 4.69) is 86.8 Å². The Morgan fingerprint density at radius 2 is 1.50 bits per heavy atom. The van der Waals surface area contributed by atoms with Gasteiger partial charge < -0.3 is 4.74 Å². The normalized spacial score (nSPS) is 14.5. The molecule has 238 valence electrons. The highest BCUT2D eigenvalue weighted by atomic mass is 79.9. The summed E-state index contributed by atoms with van der Waals surface area (Å²) < 4.78 is 7.48. The Bertz CT molecular complexity index is 2090. The second-order valence-corrected chi connectivity index (χ2v) is 13.9. The lowest BCUT2D eigenvalue weighted by molar-refractivity contribution is 0.305. The Hall–Kier alpha value is -4.63. The maximum atomic E-state index is 6.44. The summed E-state index contributed by atoms with van der Waals surface area (Å²) in [6, 6.07) is 38.4. The number of nitrogens with zero attached hydrogens (tertiary/aromatic N) is 5. The summed E-state index contributed by atoms with van der Waals surface area (Å²) in [5, 5.41) is 20.0. The van der Waals surface area contributed by atoms with E-state index in [1.807, 2.05) is 78.9 Å². The molecule has 0 fully saturated rings. The first-order chi connectivity index (χ1) is 23.4. The number of rotatable bonds is 9. The average Bonchev–Trinajstić information content (AvgIpc) is 3.77. The van der Waals surface area contributed by atoms with Crippen LogP contribution in [0.5, 0.6) is 5.75 Å². The summed E-state index contributed by atoms with van der Waals surface area (Å²) >= 11 is 11.3. The number of hydrogen-bond acceptors (Lipinski definition) is 7. The van der Waals surface area contributed by atoms with Gasteiger partial charge in [0.1, 0.15) is 12.4 Å². The molecule has 0 saturated carbocycles. The van der Waals surface area contributed by atoms with E-state index in [4.69, 9.17) is 26.4 Å². The van der Waals surface area contributed by atoms with Crippen LogP contribution in [-0.2, 0) is 6.61 Å². The third-order valence-electron chi connectivity index (χ3n) is 8.10. The number of azo groups is 1. The Labute approximate surface area is 297 Å². The first-order valence-electron chi connectivity index (χ1n) is 15.5. The number of aryl methyl sites for hydroxylation is 2. The number of hydrazone groups is 1. The molecule has 1 aromatic heterocycles. The summed E-state index contributed by atoms with van der Waals surface area (Å²) in [5.41, 5.74) is 9.80. The van der Waals surface area contributed by atoms with Gasteiger partial charge in [-0.25, -0.2) is 9.99 Å².